The molecule has 0 spiro atoms. The molecule has 1 saturated carbocycles. The quantitative estimate of drug-likeness (QED) is 0.353. The second-order valence-corrected chi connectivity index (χ2v) is 9.54. The maximum absolute atomic E-state index is 12.4. The van der Waals surface area contributed by atoms with Gasteiger partial charge >= 0.3 is 5.97 Å². The van der Waals surface area contributed by atoms with Crippen LogP contribution in [0.4, 0.5) is 0 Å². The van der Waals surface area contributed by atoms with Gasteiger partial charge < -0.3 is 14.2 Å². The highest BCUT2D eigenvalue weighted by molar-refractivity contribution is 5.69. The van der Waals surface area contributed by atoms with E-state index in [9.17, 15) is 4.79 Å². The number of hydrogen-bond acceptors (Lipinski definition) is 6. The lowest BCUT2D eigenvalue weighted by molar-refractivity contribution is -0.191. The fourth-order valence-corrected chi connectivity index (χ4v) is 5.75. The molecule has 3 aliphatic rings. The van der Waals surface area contributed by atoms with Gasteiger partial charge in [-0.1, -0.05) is 36.8 Å². The van der Waals surface area contributed by atoms with Crippen LogP contribution in [-0.4, -0.2) is 48.7 Å². The summed E-state index contributed by atoms with van der Waals surface area (Å²) in [6.45, 7) is 4.69. The highest BCUT2D eigenvalue weighted by Gasteiger charge is 2.55. The topological polar surface area (TPSA) is 57.2 Å². The van der Waals surface area contributed by atoms with Gasteiger partial charge in [0.15, 0.2) is 6.29 Å². The summed E-state index contributed by atoms with van der Waals surface area (Å²) >= 11 is 0. The van der Waals surface area contributed by atoms with Crippen LogP contribution < -0.4 is 0 Å². The van der Waals surface area contributed by atoms with Gasteiger partial charge in [0.05, 0.1) is 18.1 Å². The molecule has 6 heteroatoms. The highest BCUT2D eigenvalue weighted by Crippen LogP contribution is 2.51. The predicted octanol–water partition coefficient (Wildman–Crippen LogP) is 5.01. The zero-order valence-electron chi connectivity index (χ0n) is 19.5. The van der Waals surface area contributed by atoms with Crippen molar-refractivity contribution in [3.8, 4) is 0 Å². The Kier molecular flexibility index (Phi) is 8.58. The molecular weight excluding hydrogens is 406 g/mol. The largest absolute Gasteiger partial charge is 0.461 e. The molecule has 0 radical (unpaired) electrons. The first-order chi connectivity index (χ1) is 15.7. The number of benzene rings is 1. The lowest BCUT2D eigenvalue weighted by atomic mass is 9.80. The summed E-state index contributed by atoms with van der Waals surface area (Å²) in [5, 5.41) is 2.14. The second-order valence-electron chi connectivity index (χ2n) is 9.54. The van der Waals surface area contributed by atoms with E-state index in [4.69, 9.17) is 19.0 Å². The highest BCUT2D eigenvalue weighted by atomic mass is 16.7. The molecule has 4 atom stereocenters. The zero-order valence-corrected chi connectivity index (χ0v) is 19.5. The summed E-state index contributed by atoms with van der Waals surface area (Å²) < 4.78 is 17.1. The van der Waals surface area contributed by atoms with Crippen molar-refractivity contribution in [3.05, 3.63) is 35.9 Å². The summed E-state index contributed by atoms with van der Waals surface area (Å²) in [5.74, 6) is 0.382. The Balaban J connectivity index is 1.23. The number of hydroxylamine groups is 2. The Bertz CT molecular complexity index is 707. The number of esters is 1. The second kappa shape index (κ2) is 11.6. The molecule has 2 saturated heterocycles. The van der Waals surface area contributed by atoms with Crippen molar-refractivity contribution in [1.29, 1.82) is 0 Å². The van der Waals surface area contributed by atoms with Gasteiger partial charge in [-0.2, -0.15) is 5.06 Å². The molecule has 6 nitrogen and oxygen atoms in total. The molecule has 0 aromatic heterocycles. The van der Waals surface area contributed by atoms with Gasteiger partial charge in [-0.25, -0.2) is 0 Å². The van der Waals surface area contributed by atoms with Crippen LogP contribution in [-0.2, 0) is 30.4 Å². The number of ether oxygens (including phenoxy) is 3. The summed E-state index contributed by atoms with van der Waals surface area (Å²) in [6.07, 6.45) is 10.8. The number of carbonyl (C=O) groups is 1. The average Bonchev–Trinajstić information content (AvgIpc) is 3.36. The van der Waals surface area contributed by atoms with E-state index < -0.39 is 0 Å². The van der Waals surface area contributed by atoms with Crippen LogP contribution in [0.2, 0.25) is 0 Å². The van der Waals surface area contributed by atoms with E-state index in [0.717, 1.165) is 57.3 Å². The Labute approximate surface area is 192 Å². The number of nitrogens with zero attached hydrogens (tertiary/aromatic N) is 1. The van der Waals surface area contributed by atoms with Crippen molar-refractivity contribution in [3.63, 3.8) is 0 Å². The minimum Gasteiger partial charge on any atom is -0.461 e. The van der Waals surface area contributed by atoms with E-state index in [1.807, 2.05) is 30.3 Å². The molecule has 1 aromatic rings. The van der Waals surface area contributed by atoms with E-state index in [2.05, 4.69) is 12.0 Å². The van der Waals surface area contributed by atoms with Crippen molar-refractivity contribution >= 4 is 5.97 Å². The van der Waals surface area contributed by atoms with Crippen LogP contribution in [0, 0.1) is 5.92 Å². The molecule has 2 heterocycles. The van der Waals surface area contributed by atoms with Crippen LogP contribution in [0.5, 0.6) is 0 Å². The molecule has 2 aliphatic heterocycles. The monoisotopic (exact) mass is 445 g/mol. The molecule has 4 rings (SSSR count). The summed E-state index contributed by atoms with van der Waals surface area (Å²) in [7, 11) is 0. The molecular formula is C26H39NO5. The van der Waals surface area contributed by atoms with Crippen molar-refractivity contribution in [2.45, 2.75) is 95.7 Å². The van der Waals surface area contributed by atoms with Crippen molar-refractivity contribution < 1.29 is 23.8 Å². The summed E-state index contributed by atoms with van der Waals surface area (Å²) in [5.41, 5.74) is 1.07. The van der Waals surface area contributed by atoms with Gasteiger partial charge in [0.2, 0.25) is 0 Å². The number of unbranched alkanes of at least 4 members (excludes halogenated alkanes) is 1. The minimum atomic E-state index is -0.164. The van der Waals surface area contributed by atoms with Gasteiger partial charge in [-0.05, 0) is 63.9 Å². The molecule has 178 valence electrons. The van der Waals surface area contributed by atoms with Crippen LogP contribution in [0.3, 0.4) is 0 Å². The van der Waals surface area contributed by atoms with E-state index in [1.165, 1.54) is 19.3 Å². The van der Waals surface area contributed by atoms with Gasteiger partial charge in [-0.15, -0.1) is 0 Å². The Morgan fingerprint density at radius 3 is 2.84 bits per heavy atom. The number of fused-ring (bicyclic) bond motifs is 1. The molecule has 1 aromatic carbocycles. The van der Waals surface area contributed by atoms with Crippen molar-refractivity contribution in [2.75, 3.05) is 19.8 Å². The number of carbonyl (C=O) groups excluding carboxylic acids is 1. The first-order valence-electron chi connectivity index (χ1n) is 12.5. The van der Waals surface area contributed by atoms with E-state index >= 15 is 0 Å². The third kappa shape index (κ3) is 5.90. The molecule has 32 heavy (non-hydrogen) atoms. The van der Waals surface area contributed by atoms with Crippen molar-refractivity contribution in [1.82, 2.24) is 5.06 Å². The Hall–Kier alpha value is -1.47. The Morgan fingerprint density at radius 1 is 1.16 bits per heavy atom. The van der Waals surface area contributed by atoms with Crippen LogP contribution >= 0.6 is 0 Å². The minimum absolute atomic E-state index is 0.00521. The van der Waals surface area contributed by atoms with E-state index in [-0.39, 0.29) is 23.9 Å². The zero-order chi connectivity index (χ0) is 22.2. The van der Waals surface area contributed by atoms with Gasteiger partial charge in [0.25, 0.3) is 0 Å². The van der Waals surface area contributed by atoms with E-state index in [1.54, 1.807) is 0 Å². The fourth-order valence-electron chi connectivity index (χ4n) is 5.75. The third-order valence-electron chi connectivity index (χ3n) is 7.38. The lowest BCUT2D eigenvalue weighted by Crippen LogP contribution is -2.45. The molecule has 0 amide bonds. The van der Waals surface area contributed by atoms with Crippen molar-refractivity contribution in [2.24, 2.45) is 5.92 Å². The number of hydrogen-bond donors (Lipinski definition) is 0. The van der Waals surface area contributed by atoms with Crippen LogP contribution in [0.15, 0.2) is 30.3 Å². The molecule has 3 fully saturated rings. The third-order valence-corrected chi connectivity index (χ3v) is 7.38. The average molecular weight is 446 g/mol. The smallest absolute Gasteiger partial charge is 0.307 e. The van der Waals surface area contributed by atoms with Gasteiger partial charge in [-0.3, -0.25) is 9.63 Å². The predicted molar refractivity (Wildman–Crippen MR) is 122 cm³/mol. The molecule has 1 unspecified atom stereocenters. The van der Waals surface area contributed by atoms with Crippen LogP contribution in [0.25, 0.3) is 0 Å². The first-order valence-corrected chi connectivity index (χ1v) is 12.5. The van der Waals surface area contributed by atoms with Gasteiger partial charge in [0.1, 0.15) is 6.61 Å². The molecule has 0 N–H and O–H groups in total. The number of rotatable bonds is 11. The maximum atomic E-state index is 12.4. The molecule has 0 bridgehead atoms. The van der Waals surface area contributed by atoms with Gasteiger partial charge in [0, 0.05) is 25.7 Å². The first kappa shape index (κ1) is 23.7. The fraction of sp³-hybridized carbons (Fsp3) is 0.731. The lowest BCUT2D eigenvalue weighted by Gasteiger charge is -2.36. The van der Waals surface area contributed by atoms with E-state index in [0.29, 0.717) is 25.5 Å². The standard InChI is InChI=1S/C26H39NO5/c1-21-23-12-9-16-26(23,15-6-8-19-30-25-13-5-7-18-29-25)27(32-21)17-14-24(28)31-20-22-10-3-2-4-11-22/h2-4,10-11,21,23,25H,5-9,12-20H2,1H3/t21-,23+,25?,26+/m0/s1. The van der Waals surface area contributed by atoms with Crippen LogP contribution in [0.1, 0.15) is 76.7 Å². The Morgan fingerprint density at radius 2 is 2.03 bits per heavy atom. The normalized spacial score (nSPS) is 30.3. The molecule has 1 aliphatic carbocycles. The SMILES string of the molecule is C[C@@H]1ON(CCC(=O)OCc2ccccc2)[C@]2(CCCCOC3CCCCO3)CCC[C@H]12. The summed E-state index contributed by atoms with van der Waals surface area (Å²) in [4.78, 5) is 18.6. The maximum Gasteiger partial charge on any atom is 0.307 e. The summed E-state index contributed by atoms with van der Waals surface area (Å²) in [6, 6.07) is 9.83.